The molecule has 0 atom stereocenters. The molecule has 2 amide bonds. The molecule has 0 aliphatic carbocycles. The van der Waals surface area contributed by atoms with Crippen LogP contribution in [0.2, 0.25) is 0 Å². The lowest BCUT2D eigenvalue weighted by molar-refractivity contribution is -0.136. The number of halogens is 1. The van der Waals surface area contributed by atoms with Crippen LogP contribution in [-0.2, 0) is 16.2 Å². The van der Waals surface area contributed by atoms with Crippen molar-refractivity contribution in [3.8, 4) is 17.6 Å². The molecule has 0 aliphatic heterocycles. The number of nitrogens with zero attached hydrogens (tertiary/aromatic N) is 2. The minimum atomic E-state index is -0.957. The zero-order valence-electron chi connectivity index (χ0n) is 17.5. The third kappa shape index (κ3) is 6.63. The number of amides is 2. The predicted octanol–water partition coefficient (Wildman–Crippen LogP) is 3.37. The molecule has 0 bridgehead atoms. The fourth-order valence-electron chi connectivity index (χ4n) is 2.66. The first kappa shape index (κ1) is 23.0. The third-order valence-electron chi connectivity index (χ3n) is 4.35. The Labute approximate surface area is 189 Å². The van der Waals surface area contributed by atoms with E-state index in [0.29, 0.717) is 28.3 Å². The highest BCUT2D eigenvalue weighted by Crippen LogP contribution is 2.28. The summed E-state index contributed by atoms with van der Waals surface area (Å²) in [4.78, 5) is 23.9. The number of anilines is 1. The van der Waals surface area contributed by atoms with E-state index < -0.39 is 11.8 Å². The number of nitrogens with one attached hydrogen (secondary N) is 2. The van der Waals surface area contributed by atoms with Gasteiger partial charge in [0.1, 0.15) is 12.4 Å². The van der Waals surface area contributed by atoms with E-state index in [1.807, 2.05) is 6.07 Å². The van der Waals surface area contributed by atoms with Gasteiger partial charge in [-0.3, -0.25) is 9.59 Å². The molecule has 9 heteroatoms. The van der Waals surface area contributed by atoms with Crippen molar-refractivity contribution in [1.29, 1.82) is 5.26 Å². The number of benzene rings is 3. The Bertz CT molecular complexity index is 1200. The molecule has 0 spiro atoms. The number of methoxy groups -OCH3 is 1. The molecule has 3 rings (SSSR count). The molecular weight excluding hydrogens is 427 g/mol. The Morgan fingerprint density at radius 1 is 1.03 bits per heavy atom. The fraction of sp³-hybridized carbons (Fsp3) is 0.0833. The Kier molecular flexibility index (Phi) is 7.70. The highest BCUT2D eigenvalue weighted by molar-refractivity contribution is 6.39. The van der Waals surface area contributed by atoms with Crippen molar-refractivity contribution in [2.75, 3.05) is 12.4 Å². The van der Waals surface area contributed by atoms with E-state index in [1.54, 1.807) is 30.3 Å². The van der Waals surface area contributed by atoms with Crippen molar-refractivity contribution in [3.05, 3.63) is 89.2 Å². The van der Waals surface area contributed by atoms with Gasteiger partial charge in [0.05, 0.1) is 25.0 Å². The van der Waals surface area contributed by atoms with E-state index in [9.17, 15) is 14.0 Å². The fourth-order valence-corrected chi connectivity index (χ4v) is 2.66. The molecule has 166 valence electrons. The molecule has 0 heterocycles. The van der Waals surface area contributed by atoms with Crippen LogP contribution in [0, 0.1) is 17.1 Å². The second-order valence-corrected chi connectivity index (χ2v) is 6.67. The molecule has 2 N–H and O–H groups in total. The Morgan fingerprint density at radius 3 is 2.42 bits per heavy atom. The van der Waals surface area contributed by atoms with Crippen LogP contribution in [0.3, 0.4) is 0 Å². The maximum atomic E-state index is 13.0. The first-order valence-corrected chi connectivity index (χ1v) is 9.68. The van der Waals surface area contributed by atoms with E-state index in [-0.39, 0.29) is 12.4 Å². The molecular formula is C24H19FN4O4. The Balaban J connectivity index is 1.55. The summed E-state index contributed by atoms with van der Waals surface area (Å²) in [6.07, 6.45) is 1.35. The monoisotopic (exact) mass is 446 g/mol. The summed E-state index contributed by atoms with van der Waals surface area (Å²) in [5.74, 6) is -1.27. The van der Waals surface area contributed by atoms with Crippen molar-refractivity contribution in [2.24, 2.45) is 5.10 Å². The van der Waals surface area contributed by atoms with Gasteiger partial charge in [-0.25, -0.2) is 9.82 Å². The summed E-state index contributed by atoms with van der Waals surface area (Å²) >= 11 is 0. The van der Waals surface area contributed by atoms with Crippen LogP contribution in [-0.4, -0.2) is 25.1 Å². The van der Waals surface area contributed by atoms with Crippen LogP contribution in [0.4, 0.5) is 10.1 Å². The van der Waals surface area contributed by atoms with Crippen molar-refractivity contribution < 1.29 is 23.5 Å². The lowest BCUT2D eigenvalue weighted by atomic mass is 10.2. The summed E-state index contributed by atoms with van der Waals surface area (Å²) in [6, 6.07) is 19.0. The smallest absolute Gasteiger partial charge is 0.329 e. The van der Waals surface area contributed by atoms with Crippen LogP contribution >= 0.6 is 0 Å². The number of carbonyl (C=O) groups excluding carboxylic acids is 2. The van der Waals surface area contributed by atoms with Gasteiger partial charge in [-0.15, -0.1) is 0 Å². The SMILES string of the molecule is COc1cc(/C=N/NC(=O)C(=O)Nc2ccc(C#N)cc2)ccc1OCc1ccc(F)cc1. The molecule has 0 saturated heterocycles. The summed E-state index contributed by atoms with van der Waals surface area (Å²) in [7, 11) is 1.48. The maximum Gasteiger partial charge on any atom is 0.329 e. The van der Waals surface area contributed by atoms with Gasteiger partial charge in [0.2, 0.25) is 0 Å². The first-order valence-electron chi connectivity index (χ1n) is 9.68. The van der Waals surface area contributed by atoms with Crippen LogP contribution in [0.5, 0.6) is 11.5 Å². The molecule has 3 aromatic carbocycles. The average molecular weight is 446 g/mol. The van der Waals surface area contributed by atoms with Gasteiger partial charge < -0.3 is 14.8 Å². The van der Waals surface area contributed by atoms with E-state index in [2.05, 4.69) is 15.8 Å². The van der Waals surface area contributed by atoms with Gasteiger partial charge in [-0.1, -0.05) is 12.1 Å². The summed E-state index contributed by atoms with van der Waals surface area (Å²) in [6.45, 7) is 0.231. The Hall–Kier alpha value is -4.71. The number of carbonyl (C=O) groups is 2. The highest BCUT2D eigenvalue weighted by Gasteiger charge is 2.13. The van der Waals surface area contributed by atoms with Crippen molar-refractivity contribution in [3.63, 3.8) is 0 Å². The average Bonchev–Trinajstić information content (AvgIpc) is 2.84. The standard InChI is InChI=1S/C24H19FN4O4/c1-32-22-12-18(6-11-21(22)33-15-17-2-7-19(25)8-3-17)14-27-29-24(31)23(30)28-20-9-4-16(13-26)5-10-20/h2-12,14H,15H2,1H3,(H,28,30)(H,29,31)/b27-14+. The maximum absolute atomic E-state index is 13.0. The van der Waals surface area contributed by atoms with Crippen molar-refractivity contribution in [1.82, 2.24) is 5.43 Å². The quantitative estimate of drug-likeness (QED) is 0.328. The van der Waals surface area contributed by atoms with Gasteiger partial charge in [0.25, 0.3) is 0 Å². The molecule has 0 aromatic heterocycles. The van der Waals surface area contributed by atoms with Crippen molar-refractivity contribution in [2.45, 2.75) is 6.61 Å². The van der Waals surface area contributed by atoms with Gasteiger partial charge in [-0.2, -0.15) is 10.4 Å². The second-order valence-electron chi connectivity index (χ2n) is 6.67. The number of rotatable bonds is 7. The summed E-state index contributed by atoms with van der Waals surface area (Å²) in [5.41, 5.74) is 4.34. The van der Waals surface area contributed by atoms with Gasteiger partial charge in [0.15, 0.2) is 11.5 Å². The minimum absolute atomic E-state index is 0.231. The van der Waals surface area contributed by atoms with Crippen LogP contribution in [0.1, 0.15) is 16.7 Å². The van der Waals surface area contributed by atoms with E-state index in [0.717, 1.165) is 5.56 Å². The molecule has 0 unspecified atom stereocenters. The summed E-state index contributed by atoms with van der Waals surface area (Å²) in [5, 5.41) is 15.0. The van der Waals surface area contributed by atoms with Crippen LogP contribution in [0.25, 0.3) is 0 Å². The number of hydrogen-bond donors (Lipinski definition) is 2. The number of ether oxygens (including phenoxy) is 2. The topological polar surface area (TPSA) is 113 Å². The zero-order valence-corrected chi connectivity index (χ0v) is 17.5. The van der Waals surface area contributed by atoms with Crippen LogP contribution < -0.4 is 20.2 Å². The lowest BCUT2D eigenvalue weighted by Gasteiger charge is -2.11. The largest absolute Gasteiger partial charge is 0.493 e. The van der Waals surface area contributed by atoms with E-state index in [4.69, 9.17) is 14.7 Å². The zero-order chi connectivity index (χ0) is 23.6. The molecule has 33 heavy (non-hydrogen) atoms. The second kappa shape index (κ2) is 11.1. The van der Waals surface area contributed by atoms with E-state index >= 15 is 0 Å². The molecule has 8 nitrogen and oxygen atoms in total. The predicted molar refractivity (Wildman–Crippen MR) is 119 cm³/mol. The summed E-state index contributed by atoms with van der Waals surface area (Å²) < 4.78 is 24.0. The first-order chi connectivity index (χ1) is 16.0. The van der Waals surface area contributed by atoms with Crippen LogP contribution in [0.15, 0.2) is 71.8 Å². The molecule has 0 aliphatic rings. The van der Waals surface area contributed by atoms with Gasteiger partial charge in [0, 0.05) is 5.69 Å². The Morgan fingerprint density at radius 2 is 1.76 bits per heavy atom. The highest BCUT2D eigenvalue weighted by atomic mass is 19.1. The lowest BCUT2D eigenvalue weighted by Crippen LogP contribution is -2.32. The van der Waals surface area contributed by atoms with Crippen molar-refractivity contribution >= 4 is 23.7 Å². The normalized spacial score (nSPS) is 10.3. The van der Waals surface area contributed by atoms with Gasteiger partial charge >= 0.3 is 11.8 Å². The van der Waals surface area contributed by atoms with Gasteiger partial charge in [-0.05, 0) is 65.7 Å². The molecule has 0 saturated carbocycles. The number of hydrogen-bond acceptors (Lipinski definition) is 6. The minimum Gasteiger partial charge on any atom is -0.493 e. The number of hydrazone groups is 1. The molecule has 3 aromatic rings. The third-order valence-corrected chi connectivity index (χ3v) is 4.35. The van der Waals surface area contributed by atoms with E-state index in [1.165, 1.54) is 49.7 Å². The molecule has 0 fully saturated rings. The number of nitriles is 1. The molecule has 0 radical (unpaired) electrons.